The van der Waals surface area contributed by atoms with Gasteiger partial charge >= 0.3 is 0 Å². The molecule has 3 aliphatic rings. The Morgan fingerprint density at radius 1 is 1.25 bits per heavy atom. The van der Waals surface area contributed by atoms with E-state index in [0.717, 1.165) is 38.8 Å². The Kier molecular flexibility index (Phi) is 4.06. The molecule has 24 heavy (non-hydrogen) atoms. The molecular formula is C18H26N4O2. The minimum atomic E-state index is 0.0385. The molecule has 0 radical (unpaired) electrons. The van der Waals surface area contributed by atoms with Gasteiger partial charge in [-0.15, -0.1) is 0 Å². The van der Waals surface area contributed by atoms with E-state index < -0.39 is 0 Å². The summed E-state index contributed by atoms with van der Waals surface area (Å²) < 4.78 is 1.63. The van der Waals surface area contributed by atoms with Gasteiger partial charge in [0.15, 0.2) is 0 Å². The summed E-state index contributed by atoms with van der Waals surface area (Å²) in [5.41, 5.74) is 0.595. The molecule has 130 valence electrons. The molecule has 2 heterocycles. The smallest absolute Gasteiger partial charge is 0.257 e. The maximum Gasteiger partial charge on any atom is 0.257 e. The Hall–Kier alpha value is -1.85. The van der Waals surface area contributed by atoms with Gasteiger partial charge in [-0.2, -0.15) is 5.10 Å². The van der Waals surface area contributed by atoms with E-state index in [2.05, 4.69) is 16.9 Å². The summed E-state index contributed by atoms with van der Waals surface area (Å²) >= 11 is 0. The number of hydrogen-bond acceptors (Lipinski definition) is 3. The van der Waals surface area contributed by atoms with Crippen molar-refractivity contribution in [3.8, 4) is 0 Å². The van der Waals surface area contributed by atoms with Crippen LogP contribution in [0.5, 0.6) is 0 Å². The molecule has 6 nitrogen and oxygen atoms in total. The first-order valence-electron chi connectivity index (χ1n) is 9.26. The van der Waals surface area contributed by atoms with Crippen molar-refractivity contribution < 1.29 is 9.59 Å². The lowest BCUT2D eigenvalue weighted by Gasteiger charge is -2.29. The maximum absolute atomic E-state index is 12.8. The number of carbonyl (C=O) groups is 2. The van der Waals surface area contributed by atoms with Crippen LogP contribution in [0.15, 0.2) is 12.4 Å². The minimum absolute atomic E-state index is 0.0385. The lowest BCUT2D eigenvalue weighted by atomic mass is 10.1. The van der Waals surface area contributed by atoms with Gasteiger partial charge in [0.1, 0.15) is 6.54 Å². The fourth-order valence-corrected chi connectivity index (χ4v) is 3.81. The Bertz CT molecular complexity index is 627. The second-order valence-corrected chi connectivity index (χ2v) is 7.54. The van der Waals surface area contributed by atoms with Crippen LogP contribution in [0.3, 0.4) is 0 Å². The van der Waals surface area contributed by atoms with E-state index in [0.29, 0.717) is 23.6 Å². The van der Waals surface area contributed by atoms with Gasteiger partial charge in [-0.05, 0) is 51.4 Å². The molecule has 3 fully saturated rings. The molecule has 1 aliphatic heterocycles. The third-order valence-corrected chi connectivity index (χ3v) is 5.54. The van der Waals surface area contributed by atoms with E-state index in [1.807, 2.05) is 4.90 Å². The highest BCUT2D eigenvalue weighted by Gasteiger charge is 2.41. The summed E-state index contributed by atoms with van der Waals surface area (Å²) in [7, 11) is 0. The van der Waals surface area contributed by atoms with E-state index >= 15 is 0 Å². The first-order chi connectivity index (χ1) is 11.6. The monoisotopic (exact) mass is 330 g/mol. The van der Waals surface area contributed by atoms with Crippen LogP contribution >= 0.6 is 0 Å². The molecular weight excluding hydrogens is 304 g/mol. The molecule has 0 spiro atoms. The number of rotatable bonds is 6. The van der Waals surface area contributed by atoms with Gasteiger partial charge in [0.05, 0.1) is 11.8 Å². The first-order valence-corrected chi connectivity index (χ1v) is 9.26. The van der Waals surface area contributed by atoms with E-state index in [1.54, 1.807) is 17.1 Å². The fraction of sp³-hybridized carbons (Fsp3) is 0.722. The SMILES string of the molecule is C[C@H](C1CC1)N(C(=O)Cn1cc(C(=O)N2CCCC2)cn1)C1CC1. The van der Waals surface area contributed by atoms with Crippen molar-refractivity contribution in [1.82, 2.24) is 19.6 Å². The number of amides is 2. The van der Waals surface area contributed by atoms with E-state index in [4.69, 9.17) is 0 Å². The van der Waals surface area contributed by atoms with Crippen molar-refractivity contribution in [3.63, 3.8) is 0 Å². The normalized spacial score (nSPS) is 21.8. The summed E-state index contributed by atoms with van der Waals surface area (Å²) in [6, 6.07) is 0.764. The number of aromatic nitrogens is 2. The molecule has 1 atom stereocenters. The third kappa shape index (κ3) is 3.19. The third-order valence-electron chi connectivity index (χ3n) is 5.54. The maximum atomic E-state index is 12.8. The largest absolute Gasteiger partial charge is 0.339 e. The topological polar surface area (TPSA) is 58.4 Å². The predicted molar refractivity (Wildman–Crippen MR) is 89.4 cm³/mol. The van der Waals surface area contributed by atoms with Gasteiger partial charge in [-0.3, -0.25) is 14.3 Å². The van der Waals surface area contributed by atoms with E-state index in [9.17, 15) is 9.59 Å². The van der Waals surface area contributed by atoms with Crippen molar-refractivity contribution in [3.05, 3.63) is 18.0 Å². The number of hydrogen-bond donors (Lipinski definition) is 0. The average molecular weight is 330 g/mol. The highest BCUT2D eigenvalue weighted by Crippen LogP contribution is 2.39. The zero-order chi connectivity index (χ0) is 16.7. The standard InChI is InChI=1S/C18H26N4O2/c1-13(14-4-5-14)22(16-6-7-16)17(23)12-21-11-15(10-19-21)18(24)20-8-2-3-9-20/h10-11,13-14,16H,2-9,12H2,1H3/t13-/m1/s1. The quantitative estimate of drug-likeness (QED) is 0.800. The Morgan fingerprint density at radius 2 is 1.96 bits per heavy atom. The summed E-state index contributed by atoms with van der Waals surface area (Å²) in [6.45, 7) is 4.08. The van der Waals surface area contributed by atoms with Gasteiger partial charge in [0, 0.05) is 31.4 Å². The molecule has 2 amide bonds. The lowest BCUT2D eigenvalue weighted by Crippen LogP contribution is -2.43. The lowest BCUT2D eigenvalue weighted by molar-refractivity contribution is -0.135. The summed E-state index contributed by atoms with van der Waals surface area (Å²) in [5.74, 6) is 0.858. The molecule has 2 saturated carbocycles. The van der Waals surface area contributed by atoms with E-state index in [1.165, 1.54) is 12.8 Å². The average Bonchev–Trinajstić information content (AvgIpc) is 3.48. The van der Waals surface area contributed by atoms with Gasteiger partial charge in [0.25, 0.3) is 5.91 Å². The molecule has 4 rings (SSSR count). The zero-order valence-corrected chi connectivity index (χ0v) is 14.4. The molecule has 2 aliphatic carbocycles. The van der Waals surface area contributed by atoms with Crippen LogP contribution in [-0.4, -0.2) is 56.6 Å². The molecule has 0 unspecified atom stereocenters. The molecule has 1 aromatic rings. The van der Waals surface area contributed by atoms with E-state index in [-0.39, 0.29) is 18.4 Å². The van der Waals surface area contributed by atoms with Crippen molar-refractivity contribution in [2.45, 2.75) is 64.1 Å². The molecule has 6 heteroatoms. The van der Waals surface area contributed by atoms with Crippen LogP contribution in [0.4, 0.5) is 0 Å². The molecule has 0 bridgehead atoms. The number of nitrogens with zero attached hydrogens (tertiary/aromatic N) is 4. The molecule has 0 N–H and O–H groups in total. The molecule has 1 aromatic heterocycles. The van der Waals surface area contributed by atoms with Crippen LogP contribution in [0, 0.1) is 5.92 Å². The summed E-state index contributed by atoms with van der Waals surface area (Å²) in [4.78, 5) is 29.1. The second kappa shape index (κ2) is 6.22. The summed E-state index contributed by atoms with van der Waals surface area (Å²) in [5, 5.41) is 4.25. The summed E-state index contributed by atoms with van der Waals surface area (Å²) in [6.07, 6.45) is 10.2. The number of carbonyl (C=O) groups excluding carboxylic acids is 2. The van der Waals surface area contributed by atoms with Crippen molar-refractivity contribution in [2.75, 3.05) is 13.1 Å². The van der Waals surface area contributed by atoms with Gasteiger partial charge in [-0.1, -0.05) is 0 Å². The van der Waals surface area contributed by atoms with Crippen molar-refractivity contribution >= 4 is 11.8 Å². The Labute approximate surface area is 142 Å². The van der Waals surface area contributed by atoms with Gasteiger partial charge in [-0.25, -0.2) is 0 Å². The van der Waals surface area contributed by atoms with Crippen LogP contribution < -0.4 is 0 Å². The predicted octanol–water partition coefficient (Wildman–Crippen LogP) is 1.91. The Morgan fingerprint density at radius 3 is 2.58 bits per heavy atom. The van der Waals surface area contributed by atoms with Gasteiger partial charge < -0.3 is 9.80 Å². The number of likely N-dealkylation sites (tertiary alicyclic amines) is 1. The Balaban J connectivity index is 1.40. The van der Waals surface area contributed by atoms with Crippen LogP contribution in [0.25, 0.3) is 0 Å². The van der Waals surface area contributed by atoms with Crippen LogP contribution in [0.1, 0.15) is 55.8 Å². The molecule has 1 saturated heterocycles. The van der Waals surface area contributed by atoms with Gasteiger partial charge in [0.2, 0.25) is 5.91 Å². The first kappa shape index (κ1) is 15.7. The van der Waals surface area contributed by atoms with Crippen molar-refractivity contribution in [2.24, 2.45) is 5.92 Å². The molecule has 0 aromatic carbocycles. The van der Waals surface area contributed by atoms with Crippen LogP contribution in [0.2, 0.25) is 0 Å². The van der Waals surface area contributed by atoms with Crippen molar-refractivity contribution in [1.29, 1.82) is 0 Å². The highest BCUT2D eigenvalue weighted by atomic mass is 16.2. The van der Waals surface area contributed by atoms with Crippen LogP contribution in [-0.2, 0) is 11.3 Å². The fourth-order valence-electron chi connectivity index (χ4n) is 3.81. The second-order valence-electron chi connectivity index (χ2n) is 7.54. The minimum Gasteiger partial charge on any atom is -0.339 e. The highest BCUT2D eigenvalue weighted by molar-refractivity contribution is 5.94. The zero-order valence-electron chi connectivity index (χ0n) is 14.4.